The average Bonchev–Trinajstić information content (AvgIpc) is 2.42. The second kappa shape index (κ2) is 6.17. The molecule has 0 saturated carbocycles. The molecule has 1 atom stereocenters. The Balaban J connectivity index is 2.15. The molecule has 19 heavy (non-hydrogen) atoms. The summed E-state index contributed by atoms with van der Waals surface area (Å²) in [6.45, 7) is 0. The van der Waals surface area contributed by atoms with E-state index < -0.39 is 11.2 Å². The van der Waals surface area contributed by atoms with Gasteiger partial charge in [0.2, 0.25) is 5.88 Å². The van der Waals surface area contributed by atoms with E-state index in [9.17, 15) is 4.39 Å². The van der Waals surface area contributed by atoms with Crippen LogP contribution in [0.1, 0.15) is 16.6 Å². The smallest absolute Gasteiger partial charge is 0.216 e. The van der Waals surface area contributed by atoms with Gasteiger partial charge < -0.3 is 4.74 Å². The average molecular weight is 301 g/mol. The SMILES string of the molecule is COc1cc(CC(Cl)c2ccc(Cl)c(F)c2)ncn1. The van der Waals surface area contributed by atoms with E-state index in [1.807, 2.05) is 0 Å². The molecule has 100 valence electrons. The highest BCUT2D eigenvalue weighted by atomic mass is 35.5. The lowest BCUT2D eigenvalue weighted by Gasteiger charge is -2.10. The Kier molecular flexibility index (Phi) is 4.56. The van der Waals surface area contributed by atoms with E-state index in [-0.39, 0.29) is 5.02 Å². The first kappa shape index (κ1) is 14.0. The fourth-order valence-corrected chi connectivity index (χ4v) is 2.02. The van der Waals surface area contributed by atoms with Crippen molar-refractivity contribution in [2.75, 3.05) is 7.11 Å². The van der Waals surface area contributed by atoms with Crippen LogP contribution in [0.15, 0.2) is 30.6 Å². The highest BCUT2D eigenvalue weighted by molar-refractivity contribution is 6.30. The monoisotopic (exact) mass is 300 g/mol. The lowest BCUT2D eigenvalue weighted by molar-refractivity contribution is 0.396. The van der Waals surface area contributed by atoms with Crippen molar-refractivity contribution in [3.63, 3.8) is 0 Å². The molecule has 0 saturated heterocycles. The Morgan fingerprint density at radius 3 is 2.79 bits per heavy atom. The second-order valence-electron chi connectivity index (χ2n) is 3.90. The van der Waals surface area contributed by atoms with Gasteiger partial charge in [-0.05, 0) is 17.7 Å². The molecule has 2 aromatic rings. The second-order valence-corrected chi connectivity index (χ2v) is 4.83. The van der Waals surface area contributed by atoms with Gasteiger partial charge in [-0.25, -0.2) is 14.4 Å². The molecule has 0 spiro atoms. The zero-order chi connectivity index (χ0) is 13.8. The van der Waals surface area contributed by atoms with E-state index in [0.29, 0.717) is 17.9 Å². The van der Waals surface area contributed by atoms with E-state index in [1.165, 1.54) is 25.6 Å². The molecule has 0 aliphatic carbocycles. The van der Waals surface area contributed by atoms with E-state index in [0.717, 1.165) is 5.69 Å². The first-order valence-corrected chi connectivity index (χ1v) is 6.35. The molecule has 0 aliphatic rings. The zero-order valence-electron chi connectivity index (χ0n) is 10.1. The molecular weight excluding hydrogens is 290 g/mol. The molecule has 3 nitrogen and oxygen atoms in total. The molecule has 1 aromatic carbocycles. The molecule has 0 radical (unpaired) electrons. The molecule has 1 unspecified atom stereocenters. The minimum Gasteiger partial charge on any atom is -0.481 e. The van der Waals surface area contributed by atoms with Crippen LogP contribution in [0.3, 0.4) is 0 Å². The number of hydrogen-bond donors (Lipinski definition) is 0. The highest BCUT2D eigenvalue weighted by Gasteiger charge is 2.12. The van der Waals surface area contributed by atoms with Gasteiger partial charge in [-0.2, -0.15) is 0 Å². The number of nitrogens with zero attached hydrogens (tertiary/aromatic N) is 2. The Labute approximate surface area is 120 Å². The Morgan fingerprint density at radius 2 is 2.11 bits per heavy atom. The van der Waals surface area contributed by atoms with Crippen molar-refractivity contribution in [1.82, 2.24) is 9.97 Å². The largest absolute Gasteiger partial charge is 0.481 e. The Hall–Kier alpha value is -1.39. The normalized spacial score (nSPS) is 12.2. The van der Waals surface area contributed by atoms with Gasteiger partial charge in [0.1, 0.15) is 12.1 Å². The molecule has 0 bridgehead atoms. The third kappa shape index (κ3) is 3.55. The minimum atomic E-state index is -0.481. The van der Waals surface area contributed by atoms with Gasteiger partial charge in [0.15, 0.2) is 0 Å². The van der Waals surface area contributed by atoms with Gasteiger partial charge in [-0.3, -0.25) is 0 Å². The minimum absolute atomic E-state index is 0.0799. The van der Waals surface area contributed by atoms with Crippen LogP contribution < -0.4 is 4.74 Å². The predicted octanol–water partition coefficient (Wildman–Crippen LogP) is 3.80. The molecule has 2 rings (SSSR count). The maximum atomic E-state index is 13.4. The van der Waals surface area contributed by atoms with Crippen molar-refractivity contribution in [1.29, 1.82) is 0 Å². The summed E-state index contributed by atoms with van der Waals surface area (Å²) in [7, 11) is 1.53. The summed E-state index contributed by atoms with van der Waals surface area (Å²) in [6.07, 6.45) is 1.85. The number of benzene rings is 1. The number of aromatic nitrogens is 2. The Morgan fingerprint density at radius 1 is 1.32 bits per heavy atom. The molecule has 0 N–H and O–H groups in total. The van der Waals surface area contributed by atoms with Gasteiger partial charge in [0.05, 0.1) is 17.5 Å². The van der Waals surface area contributed by atoms with Crippen molar-refractivity contribution in [3.8, 4) is 5.88 Å². The fraction of sp³-hybridized carbons (Fsp3) is 0.231. The van der Waals surface area contributed by atoms with Crippen LogP contribution >= 0.6 is 23.2 Å². The number of ether oxygens (including phenoxy) is 1. The van der Waals surface area contributed by atoms with Crippen LogP contribution in [0, 0.1) is 5.82 Å². The number of alkyl halides is 1. The Bertz CT molecular complexity index is 580. The summed E-state index contributed by atoms with van der Waals surface area (Å²) in [4.78, 5) is 8.01. The first-order chi connectivity index (χ1) is 9.10. The summed E-state index contributed by atoms with van der Waals surface area (Å²) in [5, 5.41) is -0.317. The standard InChI is InChI=1S/C13H11Cl2FN2O/c1-19-13-6-9(17-7-18-13)5-11(15)8-2-3-10(14)12(16)4-8/h2-4,6-7,11H,5H2,1H3. The zero-order valence-corrected chi connectivity index (χ0v) is 11.6. The summed E-state index contributed by atoms with van der Waals surface area (Å²) in [5.74, 6) is -0.0127. The summed E-state index contributed by atoms with van der Waals surface area (Å²) in [5.41, 5.74) is 1.38. The van der Waals surface area contributed by atoms with E-state index in [1.54, 1.807) is 12.1 Å². The van der Waals surface area contributed by atoms with Crippen molar-refractivity contribution in [2.24, 2.45) is 0 Å². The number of rotatable bonds is 4. The quantitative estimate of drug-likeness (QED) is 0.806. The number of hydrogen-bond acceptors (Lipinski definition) is 3. The van der Waals surface area contributed by atoms with Crippen LogP contribution in [-0.2, 0) is 6.42 Å². The van der Waals surface area contributed by atoms with E-state index >= 15 is 0 Å². The summed E-state index contributed by atoms with van der Waals surface area (Å²) in [6, 6.07) is 6.21. The third-order valence-corrected chi connectivity index (χ3v) is 3.31. The molecule has 1 heterocycles. The summed E-state index contributed by atoms with van der Waals surface area (Å²) < 4.78 is 18.4. The van der Waals surface area contributed by atoms with Gasteiger partial charge in [-0.15, -0.1) is 11.6 Å². The van der Waals surface area contributed by atoms with Gasteiger partial charge in [0, 0.05) is 18.2 Å². The topological polar surface area (TPSA) is 35.0 Å². The van der Waals surface area contributed by atoms with Gasteiger partial charge >= 0.3 is 0 Å². The van der Waals surface area contributed by atoms with E-state index in [4.69, 9.17) is 27.9 Å². The molecule has 0 amide bonds. The van der Waals surface area contributed by atoms with Crippen LogP contribution in [0.5, 0.6) is 5.88 Å². The van der Waals surface area contributed by atoms with Crippen molar-refractivity contribution >= 4 is 23.2 Å². The third-order valence-electron chi connectivity index (χ3n) is 2.60. The predicted molar refractivity (Wildman–Crippen MR) is 72.3 cm³/mol. The molecule has 0 aliphatic heterocycles. The first-order valence-electron chi connectivity index (χ1n) is 5.54. The van der Waals surface area contributed by atoms with Gasteiger partial charge in [-0.1, -0.05) is 17.7 Å². The molecule has 6 heteroatoms. The number of methoxy groups -OCH3 is 1. The molecule has 1 aromatic heterocycles. The van der Waals surface area contributed by atoms with Crippen molar-refractivity contribution in [2.45, 2.75) is 11.8 Å². The molecule has 0 fully saturated rings. The van der Waals surface area contributed by atoms with Crippen LogP contribution in [0.25, 0.3) is 0 Å². The lowest BCUT2D eigenvalue weighted by atomic mass is 10.1. The lowest BCUT2D eigenvalue weighted by Crippen LogP contribution is -2.00. The summed E-state index contributed by atoms with van der Waals surface area (Å²) >= 11 is 11.9. The van der Waals surface area contributed by atoms with Crippen LogP contribution in [0.4, 0.5) is 4.39 Å². The van der Waals surface area contributed by atoms with Crippen LogP contribution in [0.2, 0.25) is 5.02 Å². The van der Waals surface area contributed by atoms with Gasteiger partial charge in [0.25, 0.3) is 0 Å². The van der Waals surface area contributed by atoms with E-state index in [2.05, 4.69) is 9.97 Å². The highest BCUT2D eigenvalue weighted by Crippen LogP contribution is 2.27. The molecular formula is C13H11Cl2FN2O. The maximum absolute atomic E-state index is 13.4. The fourth-order valence-electron chi connectivity index (χ4n) is 1.61. The van der Waals surface area contributed by atoms with Crippen molar-refractivity contribution < 1.29 is 9.13 Å². The number of halogens is 3. The van der Waals surface area contributed by atoms with Crippen molar-refractivity contribution in [3.05, 3.63) is 52.7 Å². The maximum Gasteiger partial charge on any atom is 0.216 e. The van der Waals surface area contributed by atoms with Crippen LogP contribution in [-0.4, -0.2) is 17.1 Å².